The van der Waals surface area contributed by atoms with Crippen molar-refractivity contribution in [2.75, 3.05) is 12.3 Å². The van der Waals surface area contributed by atoms with Gasteiger partial charge >= 0.3 is 0 Å². The Bertz CT molecular complexity index is 649. The van der Waals surface area contributed by atoms with Gasteiger partial charge < -0.3 is 10.6 Å². The average Bonchev–Trinajstić information content (AvgIpc) is 3.08. The van der Waals surface area contributed by atoms with Crippen molar-refractivity contribution in [3.05, 3.63) is 47.7 Å². The molecule has 1 aromatic carbocycles. The maximum absolute atomic E-state index is 12.5. The number of rotatable bonds is 3. The second-order valence-corrected chi connectivity index (χ2v) is 5.54. The van der Waals surface area contributed by atoms with Gasteiger partial charge in [0, 0.05) is 12.7 Å². The molecular weight excluding hydrogens is 264 g/mol. The molecule has 3 rings (SSSR count). The van der Waals surface area contributed by atoms with Crippen molar-refractivity contribution in [1.29, 1.82) is 0 Å². The molecule has 0 radical (unpaired) electrons. The first-order valence-electron chi connectivity index (χ1n) is 7.29. The van der Waals surface area contributed by atoms with Gasteiger partial charge in [0.2, 0.25) is 5.91 Å². The van der Waals surface area contributed by atoms with Crippen molar-refractivity contribution >= 4 is 11.7 Å². The van der Waals surface area contributed by atoms with Crippen LogP contribution in [0.4, 0.5) is 5.82 Å². The minimum Gasteiger partial charge on any atom is -0.382 e. The molecule has 110 valence electrons. The molecule has 2 heterocycles. The van der Waals surface area contributed by atoms with Gasteiger partial charge in [0.05, 0.1) is 6.04 Å². The van der Waals surface area contributed by atoms with E-state index in [-0.39, 0.29) is 18.5 Å². The highest BCUT2D eigenvalue weighted by Gasteiger charge is 2.30. The molecule has 1 unspecified atom stereocenters. The predicted octanol–water partition coefficient (Wildman–Crippen LogP) is 2.14. The van der Waals surface area contributed by atoms with E-state index in [1.807, 2.05) is 17.0 Å². The van der Waals surface area contributed by atoms with Crippen molar-refractivity contribution < 1.29 is 4.79 Å². The van der Waals surface area contributed by atoms with E-state index in [2.05, 4.69) is 24.2 Å². The second kappa shape index (κ2) is 5.60. The van der Waals surface area contributed by atoms with Crippen LogP contribution in [-0.4, -0.2) is 27.1 Å². The molecule has 1 aliphatic rings. The summed E-state index contributed by atoms with van der Waals surface area (Å²) in [6.07, 6.45) is 3.82. The number of likely N-dealkylation sites (tertiary alicyclic amines) is 1. The highest BCUT2D eigenvalue weighted by Crippen LogP contribution is 2.33. The number of nitrogens with two attached hydrogens (primary N) is 1. The highest BCUT2D eigenvalue weighted by atomic mass is 16.2. The first kappa shape index (κ1) is 13.7. The molecule has 0 saturated carbocycles. The van der Waals surface area contributed by atoms with Crippen molar-refractivity contribution in [3.63, 3.8) is 0 Å². The molecule has 0 aliphatic carbocycles. The topological polar surface area (TPSA) is 64.2 Å². The van der Waals surface area contributed by atoms with E-state index in [9.17, 15) is 4.79 Å². The van der Waals surface area contributed by atoms with E-state index in [4.69, 9.17) is 5.73 Å². The lowest BCUT2D eigenvalue weighted by Gasteiger charge is -2.26. The van der Waals surface area contributed by atoms with Gasteiger partial charge in [-0.25, -0.2) is 0 Å². The number of nitrogen functional groups attached to an aromatic ring is 1. The van der Waals surface area contributed by atoms with Crippen LogP contribution in [0.25, 0.3) is 0 Å². The normalized spacial score (nSPS) is 18.1. The fourth-order valence-electron chi connectivity index (χ4n) is 3.04. The average molecular weight is 284 g/mol. The van der Waals surface area contributed by atoms with Crippen molar-refractivity contribution in [1.82, 2.24) is 14.7 Å². The van der Waals surface area contributed by atoms with Crippen LogP contribution in [0.15, 0.2) is 36.5 Å². The van der Waals surface area contributed by atoms with Crippen molar-refractivity contribution in [2.45, 2.75) is 32.4 Å². The van der Waals surface area contributed by atoms with E-state index in [0.717, 1.165) is 19.4 Å². The molecule has 1 fully saturated rings. The van der Waals surface area contributed by atoms with Crippen molar-refractivity contribution in [2.24, 2.45) is 0 Å². The zero-order valence-corrected chi connectivity index (χ0v) is 12.2. The number of hydrogen-bond donors (Lipinski definition) is 1. The summed E-state index contributed by atoms with van der Waals surface area (Å²) >= 11 is 0. The number of aryl methyl sites for hydroxylation is 1. The van der Waals surface area contributed by atoms with Gasteiger partial charge in [-0.2, -0.15) is 5.10 Å². The second-order valence-electron chi connectivity index (χ2n) is 5.54. The number of carbonyl (C=O) groups excluding carboxylic acids is 1. The van der Waals surface area contributed by atoms with Crippen LogP contribution in [0.2, 0.25) is 0 Å². The number of anilines is 1. The third-order valence-electron chi connectivity index (χ3n) is 4.08. The van der Waals surface area contributed by atoms with Crippen LogP contribution in [-0.2, 0) is 11.3 Å². The summed E-state index contributed by atoms with van der Waals surface area (Å²) in [4.78, 5) is 14.5. The van der Waals surface area contributed by atoms with E-state index >= 15 is 0 Å². The summed E-state index contributed by atoms with van der Waals surface area (Å²) in [6, 6.07) is 10.2. The quantitative estimate of drug-likeness (QED) is 0.939. The predicted molar refractivity (Wildman–Crippen MR) is 81.5 cm³/mol. The number of carbonyl (C=O) groups is 1. The maximum Gasteiger partial charge on any atom is 0.244 e. The fourth-order valence-corrected chi connectivity index (χ4v) is 3.04. The van der Waals surface area contributed by atoms with E-state index in [1.54, 1.807) is 16.9 Å². The van der Waals surface area contributed by atoms with Crippen LogP contribution < -0.4 is 5.73 Å². The summed E-state index contributed by atoms with van der Waals surface area (Å²) in [5.41, 5.74) is 8.08. The van der Waals surface area contributed by atoms with Gasteiger partial charge in [-0.05, 0) is 37.0 Å². The first-order valence-corrected chi connectivity index (χ1v) is 7.29. The standard InChI is InChI=1S/C16H20N4O/c1-12-5-2-3-6-13(12)14-7-4-9-20(14)16(21)11-19-10-8-15(17)18-19/h2-3,5-6,8,10,14H,4,7,9,11H2,1H3,(H2,17,18). The van der Waals surface area contributed by atoms with E-state index < -0.39 is 0 Å². The van der Waals surface area contributed by atoms with Crippen LogP contribution in [0, 0.1) is 6.92 Å². The molecule has 5 heteroatoms. The number of amides is 1. The molecule has 21 heavy (non-hydrogen) atoms. The Morgan fingerprint density at radius 3 is 2.90 bits per heavy atom. The Labute approximate surface area is 124 Å². The molecule has 1 atom stereocenters. The van der Waals surface area contributed by atoms with Crippen LogP contribution >= 0.6 is 0 Å². The van der Waals surface area contributed by atoms with E-state index in [0.29, 0.717) is 5.82 Å². The van der Waals surface area contributed by atoms with Gasteiger partial charge in [0.15, 0.2) is 0 Å². The van der Waals surface area contributed by atoms with E-state index in [1.165, 1.54) is 11.1 Å². The van der Waals surface area contributed by atoms with Gasteiger partial charge in [-0.1, -0.05) is 24.3 Å². The van der Waals surface area contributed by atoms with Crippen LogP contribution in [0.1, 0.15) is 30.0 Å². The molecule has 0 spiro atoms. The Morgan fingerprint density at radius 1 is 1.38 bits per heavy atom. The summed E-state index contributed by atoms with van der Waals surface area (Å²) < 4.78 is 1.60. The monoisotopic (exact) mass is 284 g/mol. The maximum atomic E-state index is 12.5. The Morgan fingerprint density at radius 2 is 2.19 bits per heavy atom. The lowest BCUT2D eigenvalue weighted by molar-refractivity contribution is -0.133. The molecule has 1 aromatic heterocycles. The van der Waals surface area contributed by atoms with Crippen LogP contribution in [0.5, 0.6) is 0 Å². The minimum atomic E-state index is 0.101. The molecule has 2 aromatic rings. The number of hydrogen-bond acceptors (Lipinski definition) is 3. The molecule has 2 N–H and O–H groups in total. The molecular formula is C16H20N4O. The fraction of sp³-hybridized carbons (Fsp3) is 0.375. The van der Waals surface area contributed by atoms with Crippen molar-refractivity contribution in [3.8, 4) is 0 Å². The summed E-state index contributed by atoms with van der Waals surface area (Å²) in [7, 11) is 0. The summed E-state index contributed by atoms with van der Waals surface area (Å²) in [5.74, 6) is 0.545. The Hall–Kier alpha value is -2.30. The lowest BCUT2D eigenvalue weighted by Crippen LogP contribution is -2.33. The van der Waals surface area contributed by atoms with Gasteiger partial charge in [0.25, 0.3) is 0 Å². The number of aromatic nitrogens is 2. The van der Waals surface area contributed by atoms with Crippen LogP contribution in [0.3, 0.4) is 0 Å². The molecule has 1 amide bonds. The Balaban J connectivity index is 1.77. The van der Waals surface area contributed by atoms with Gasteiger partial charge in [-0.3, -0.25) is 9.48 Å². The third-order valence-corrected chi connectivity index (χ3v) is 4.08. The highest BCUT2D eigenvalue weighted by molar-refractivity contribution is 5.77. The molecule has 1 aliphatic heterocycles. The zero-order valence-electron chi connectivity index (χ0n) is 12.2. The Kier molecular flexibility index (Phi) is 3.64. The number of benzene rings is 1. The number of nitrogens with zero attached hydrogens (tertiary/aromatic N) is 3. The minimum absolute atomic E-state index is 0.101. The third kappa shape index (κ3) is 2.77. The molecule has 1 saturated heterocycles. The molecule has 0 bridgehead atoms. The zero-order chi connectivity index (χ0) is 14.8. The largest absolute Gasteiger partial charge is 0.382 e. The van der Waals surface area contributed by atoms with Gasteiger partial charge in [-0.15, -0.1) is 0 Å². The van der Waals surface area contributed by atoms with Gasteiger partial charge in [0.1, 0.15) is 12.4 Å². The smallest absolute Gasteiger partial charge is 0.244 e. The first-order chi connectivity index (χ1) is 10.1. The lowest BCUT2D eigenvalue weighted by atomic mass is 9.99. The summed E-state index contributed by atoms with van der Waals surface area (Å²) in [5, 5.41) is 4.08. The summed E-state index contributed by atoms with van der Waals surface area (Å²) in [6.45, 7) is 3.17. The molecule has 5 nitrogen and oxygen atoms in total. The SMILES string of the molecule is Cc1ccccc1C1CCCN1C(=O)Cn1ccc(N)n1.